The Hall–Kier alpha value is -3.32. The molecule has 1 N–H and O–H groups in total. The highest BCUT2D eigenvalue weighted by molar-refractivity contribution is 9.10. The molecule has 7 heteroatoms. The maximum absolute atomic E-state index is 12.1. The molecule has 0 aliphatic rings. The molecule has 2 heterocycles. The molecule has 0 bridgehead atoms. The van der Waals surface area contributed by atoms with Gasteiger partial charge in [0.1, 0.15) is 11.5 Å². The number of benzene rings is 2. The zero-order valence-electron chi connectivity index (χ0n) is 15.7. The van der Waals surface area contributed by atoms with Gasteiger partial charge in [-0.2, -0.15) is 5.10 Å². The van der Waals surface area contributed by atoms with Gasteiger partial charge in [0.25, 0.3) is 0 Å². The number of hydrogen-bond donors (Lipinski definition) is 1. The first-order valence-corrected chi connectivity index (χ1v) is 9.59. The van der Waals surface area contributed by atoms with Crippen molar-refractivity contribution in [3.05, 3.63) is 81.3 Å². The molecule has 0 aliphatic carbocycles. The number of ether oxygens (including phenoxy) is 1. The van der Waals surface area contributed by atoms with Gasteiger partial charge in [0.15, 0.2) is 5.76 Å². The van der Waals surface area contributed by atoms with Gasteiger partial charge in [0, 0.05) is 16.1 Å². The molecular weight excluding hydrogens is 436 g/mol. The smallest absolute Gasteiger partial charge is 0.227 e. The summed E-state index contributed by atoms with van der Waals surface area (Å²) in [6.07, 6.45) is 1.58. The first-order chi connectivity index (χ1) is 14.0. The molecule has 29 heavy (non-hydrogen) atoms. The Morgan fingerprint density at radius 3 is 2.45 bits per heavy atom. The second kappa shape index (κ2) is 7.60. The van der Waals surface area contributed by atoms with Crippen LogP contribution < -0.4 is 10.2 Å². The number of methoxy groups -OCH3 is 1. The number of aromatic nitrogens is 2. The summed E-state index contributed by atoms with van der Waals surface area (Å²) in [6, 6.07) is 16.4. The van der Waals surface area contributed by atoms with Gasteiger partial charge >= 0.3 is 0 Å². The minimum Gasteiger partial charge on any atom is -0.502 e. The second-order valence-corrected chi connectivity index (χ2v) is 7.34. The minimum atomic E-state index is -0.499. The van der Waals surface area contributed by atoms with Crippen molar-refractivity contribution in [3.8, 4) is 39.8 Å². The van der Waals surface area contributed by atoms with Crippen molar-refractivity contribution in [2.75, 3.05) is 7.11 Å². The van der Waals surface area contributed by atoms with Crippen LogP contribution in [0.2, 0.25) is 0 Å². The van der Waals surface area contributed by atoms with Gasteiger partial charge in [0.2, 0.25) is 11.2 Å². The van der Waals surface area contributed by atoms with Gasteiger partial charge in [-0.25, -0.2) is 4.68 Å². The van der Waals surface area contributed by atoms with E-state index >= 15 is 0 Å². The lowest BCUT2D eigenvalue weighted by atomic mass is 10.0. The molecule has 0 saturated carbocycles. The van der Waals surface area contributed by atoms with E-state index in [2.05, 4.69) is 21.0 Å². The van der Waals surface area contributed by atoms with Crippen molar-refractivity contribution >= 4 is 15.9 Å². The van der Waals surface area contributed by atoms with Gasteiger partial charge in [0.05, 0.1) is 30.3 Å². The van der Waals surface area contributed by atoms with Crippen LogP contribution >= 0.6 is 15.9 Å². The third kappa shape index (κ3) is 3.56. The van der Waals surface area contributed by atoms with E-state index in [0.29, 0.717) is 17.0 Å². The van der Waals surface area contributed by atoms with E-state index < -0.39 is 11.2 Å². The lowest BCUT2D eigenvalue weighted by Gasteiger charge is -2.11. The second-order valence-electron chi connectivity index (χ2n) is 6.42. The molecule has 0 saturated heterocycles. The molecule has 6 nitrogen and oxygen atoms in total. The molecule has 0 unspecified atom stereocenters. The Morgan fingerprint density at radius 2 is 1.79 bits per heavy atom. The van der Waals surface area contributed by atoms with Crippen LogP contribution in [0.3, 0.4) is 0 Å². The first-order valence-electron chi connectivity index (χ1n) is 8.80. The molecule has 0 atom stereocenters. The minimum absolute atomic E-state index is 0.0872. The molecule has 4 aromatic rings. The summed E-state index contributed by atoms with van der Waals surface area (Å²) in [5.41, 5.74) is 2.33. The van der Waals surface area contributed by atoms with E-state index in [-0.39, 0.29) is 5.76 Å². The van der Waals surface area contributed by atoms with Crippen LogP contribution in [0.5, 0.6) is 11.5 Å². The molecule has 0 aliphatic heterocycles. The standard InChI is InChI=1S/C22H17BrN2O4/c1-13-11-19(26)21(27)22(29-13)18-12-24-25(16-7-5-15(23)6-8-16)20(18)14-3-9-17(28-2)10-4-14/h3-12,27H,1-2H3. The zero-order chi connectivity index (χ0) is 20.5. The maximum atomic E-state index is 12.1. The number of nitrogens with zero attached hydrogens (tertiary/aromatic N) is 2. The van der Waals surface area contributed by atoms with E-state index in [1.807, 2.05) is 48.5 Å². The molecular formula is C22H17BrN2O4. The van der Waals surface area contributed by atoms with E-state index in [0.717, 1.165) is 21.5 Å². The van der Waals surface area contributed by atoms with E-state index in [1.54, 1.807) is 24.9 Å². The topological polar surface area (TPSA) is 77.5 Å². The highest BCUT2D eigenvalue weighted by Gasteiger charge is 2.22. The monoisotopic (exact) mass is 452 g/mol. The molecule has 146 valence electrons. The van der Waals surface area contributed by atoms with E-state index in [4.69, 9.17) is 9.15 Å². The number of halogens is 1. The van der Waals surface area contributed by atoms with Crippen LogP contribution in [0.1, 0.15) is 5.76 Å². The van der Waals surface area contributed by atoms with E-state index in [1.165, 1.54) is 6.07 Å². The highest BCUT2D eigenvalue weighted by Crippen LogP contribution is 2.37. The summed E-state index contributed by atoms with van der Waals surface area (Å²) >= 11 is 3.44. The summed E-state index contributed by atoms with van der Waals surface area (Å²) in [7, 11) is 1.60. The zero-order valence-corrected chi connectivity index (χ0v) is 17.3. The average Bonchev–Trinajstić information content (AvgIpc) is 3.16. The van der Waals surface area contributed by atoms with Crippen LogP contribution in [-0.2, 0) is 0 Å². The first kappa shape index (κ1) is 19.0. The molecule has 4 rings (SSSR count). The van der Waals surface area contributed by atoms with E-state index in [9.17, 15) is 9.90 Å². The van der Waals surface area contributed by atoms with Gasteiger partial charge in [-0.05, 0) is 55.5 Å². The molecule has 0 fully saturated rings. The number of aromatic hydroxyl groups is 1. The maximum Gasteiger partial charge on any atom is 0.227 e. The van der Waals surface area contributed by atoms with Crippen LogP contribution in [0.15, 0.2) is 74.5 Å². The summed E-state index contributed by atoms with van der Waals surface area (Å²) in [6.45, 7) is 1.66. The Kier molecular flexibility index (Phi) is 4.98. The van der Waals surface area contributed by atoms with Gasteiger partial charge in [-0.3, -0.25) is 4.79 Å². The Bertz CT molecular complexity index is 1230. The molecule has 0 amide bonds. The van der Waals surface area contributed by atoms with Crippen molar-refractivity contribution < 1.29 is 14.3 Å². The number of rotatable bonds is 4. The molecule has 0 spiro atoms. The number of hydrogen-bond acceptors (Lipinski definition) is 5. The average molecular weight is 453 g/mol. The quantitative estimate of drug-likeness (QED) is 0.474. The Morgan fingerprint density at radius 1 is 1.10 bits per heavy atom. The van der Waals surface area contributed by atoms with Gasteiger partial charge < -0.3 is 14.3 Å². The fourth-order valence-corrected chi connectivity index (χ4v) is 3.37. The highest BCUT2D eigenvalue weighted by atomic mass is 79.9. The summed E-state index contributed by atoms with van der Waals surface area (Å²) < 4.78 is 13.7. The van der Waals surface area contributed by atoms with Gasteiger partial charge in [-0.1, -0.05) is 15.9 Å². The fraction of sp³-hybridized carbons (Fsp3) is 0.0909. The van der Waals surface area contributed by atoms with Crippen LogP contribution in [0.4, 0.5) is 0 Å². The fourth-order valence-electron chi connectivity index (χ4n) is 3.11. The molecule has 2 aromatic heterocycles. The van der Waals surface area contributed by atoms with Crippen LogP contribution in [0.25, 0.3) is 28.3 Å². The third-order valence-electron chi connectivity index (χ3n) is 4.49. The lowest BCUT2D eigenvalue weighted by molar-refractivity contribution is 0.415. The van der Waals surface area contributed by atoms with Crippen molar-refractivity contribution in [2.24, 2.45) is 0 Å². The molecule has 2 aromatic carbocycles. The summed E-state index contributed by atoms with van der Waals surface area (Å²) in [5.74, 6) is 0.764. The largest absolute Gasteiger partial charge is 0.502 e. The Balaban J connectivity index is 1.99. The van der Waals surface area contributed by atoms with Crippen molar-refractivity contribution in [1.29, 1.82) is 0 Å². The van der Waals surface area contributed by atoms with Crippen LogP contribution in [-0.4, -0.2) is 22.0 Å². The molecule has 0 radical (unpaired) electrons. The van der Waals surface area contributed by atoms with Crippen LogP contribution in [0, 0.1) is 6.92 Å². The summed E-state index contributed by atoms with van der Waals surface area (Å²) in [4.78, 5) is 12.1. The summed E-state index contributed by atoms with van der Waals surface area (Å²) in [5, 5.41) is 14.9. The Labute approximate surface area is 175 Å². The normalized spacial score (nSPS) is 10.9. The predicted octanol–water partition coefficient (Wildman–Crippen LogP) is 4.94. The SMILES string of the molecule is COc1ccc(-c2c(-c3oc(C)cc(=O)c3O)cnn2-c2ccc(Br)cc2)cc1. The number of aryl methyl sites for hydroxylation is 1. The predicted molar refractivity (Wildman–Crippen MR) is 114 cm³/mol. The lowest BCUT2D eigenvalue weighted by Crippen LogP contribution is -2.02. The van der Waals surface area contributed by atoms with Crippen molar-refractivity contribution in [3.63, 3.8) is 0 Å². The third-order valence-corrected chi connectivity index (χ3v) is 5.02. The van der Waals surface area contributed by atoms with Gasteiger partial charge in [-0.15, -0.1) is 0 Å². The van der Waals surface area contributed by atoms with Crippen molar-refractivity contribution in [1.82, 2.24) is 9.78 Å². The van der Waals surface area contributed by atoms with Crippen molar-refractivity contribution in [2.45, 2.75) is 6.92 Å².